The zero-order valence-corrected chi connectivity index (χ0v) is 13.0. The van der Waals surface area contributed by atoms with E-state index in [1.165, 1.54) is 4.57 Å². The van der Waals surface area contributed by atoms with Gasteiger partial charge in [-0.05, 0) is 24.5 Å². The third kappa shape index (κ3) is 3.33. The number of aromatic nitrogens is 1. The van der Waals surface area contributed by atoms with Crippen LogP contribution in [0.1, 0.15) is 25.8 Å². The van der Waals surface area contributed by atoms with Gasteiger partial charge in [0.05, 0.1) is 5.52 Å². The summed E-state index contributed by atoms with van der Waals surface area (Å²) < 4.78 is 1.47. The zero-order chi connectivity index (χ0) is 17.1. The quantitative estimate of drug-likeness (QED) is 0.511. The summed E-state index contributed by atoms with van der Waals surface area (Å²) in [5.74, 6) is -0.649. The first-order chi connectivity index (χ1) is 10.8. The van der Waals surface area contributed by atoms with Crippen LogP contribution in [0.3, 0.4) is 0 Å². The van der Waals surface area contributed by atoms with Gasteiger partial charge in [-0.2, -0.15) is 0 Å². The Hall–Kier alpha value is -2.83. The van der Waals surface area contributed by atoms with Crippen LogP contribution < -0.4 is 10.9 Å². The summed E-state index contributed by atoms with van der Waals surface area (Å²) in [6.07, 6.45) is -0.718. The molecule has 0 spiro atoms. The van der Waals surface area contributed by atoms with Gasteiger partial charge in [-0.25, -0.2) is 4.79 Å². The van der Waals surface area contributed by atoms with E-state index in [1.54, 1.807) is 24.3 Å². The predicted octanol–water partition coefficient (Wildman–Crippen LogP) is 2.35. The Bertz CT molecular complexity index is 824. The maximum Gasteiger partial charge on any atom is 0.410 e. The van der Waals surface area contributed by atoms with E-state index in [0.29, 0.717) is 23.4 Å². The van der Waals surface area contributed by atoms with Crippen molar-refractivity contribution in [3.63, 3.8) is 0 Å². The number of amidine groups is 1. The van der Waals surface area contributed by atoms with Gasteiger partial charge in [0.2, 0.25) is 0 Å². The molecule has 0 aliphatic carbocycles. The van der Waals surface area contributed by atoms with Gasteiger partial charge in [-0.3, -0.25) is 15.5 Å². The molecule has 2 rings (SSSR count). The topological polar surface area (TPSA) is 115 Å². The van der Waals surface area contributed by atoms with Crippen LogP contribution in [0.15, 0.2) is 29.1 Å². The van der Waals surface area contributed by atoms with E-state index >= 15 is 0 Å². The maximum atomic E-state index is 12.7. The Morgan fingerprint density at radius 1 is 1.35 bits per heavy atom. The molecule has 0 unspecified atom stereocenters. The van der Waals surface area contributed by atoms with Crippen molar-refractivity contribution in [2.75, 3.05) is 0 Å². The van der Waals surface area contributed by atoms with Gasteiger partial charge in [0, 0.05) is 11.9 Å². The Morgan fingerprint density at radius 2 is 2.00 bits per heavy atom. The van der Waals surface area contributed by atoms with Crippen LogP contribution in [0.2, 0.25) is 0 Å². The number of rotatable bonds is 4. The van der Waals surface area contributed by atoms with Crippen molar-refractivity contribution in [1.29, 1.82) is 5.41 Å². The van der Waals surface area contributed by atoms with Gasteiger partial charge in [0.25, 0.3) is 5.56 Å². The van der Waals surface area contributed by atoms with Crippen LogP contribution >= 0.6 is 0 Å². The number of aromatic hydroxyl groups is 1. The molecular weight excluding hydrogens is 298 g/mol. The molecule has 7 heteroatoms. The molecule has 1 aromatic heterocycles. The third-order valence-corrected chi connectivity index (χ3v) is 3.56. The van der Waals surface area contributed by atoms with Crippen molar-refractivity contribution in [3.05, 3.63) is 40.2 Å². The van der Waals surface area contributed by atoms with Crippen LogP contribution in [0.25, 0.3) is 10.9 Å². The van der Waals surface area contributed by atoms with Gasteiger partial charge in [-0.1, -0.05) is 26.0 Å². The second kappa shape index (κ2) is 6.51. The van der Waals surface area contributed by atoms with E-state index < -0.39 is 17.5 Å². The van der Waals surface area contributed by atoms with E-state index in [1.807, 2.05) is 19.2 Å². The monoisotopic (exact) mass is 317 g/mol. The standard InChI is InChI=1S/C16H19N3O4/c1-9(2)7-8-19-11-6-4-3-5-10(11)13(20)12(15(19)21)14(17)18-16(22)23/h3-6,9,20H,7-8H2,1-2H3,(H2,17,18)(H,22,23). The summed E-state index contributed by atoms with van der Waals surface area (Å²) in [4.78, 5) is 23.4. The smallest absolute Gasteiger partial charge is 0.410 e. The average Bonchev–Trinajstić information content (AvgIpc) is 2.46. The molecule has 1 aromatic carbocycles. The molecule has 4 N–H and O–H groups in total. The van der Waals surface area contributed by atoms with Crippen LogP contribution in [-0.2, 0) is 6.54 Å². The first kappa shape index (κ1) is 16.5. The van der Waals surface area contributed by atoms with E-state index in [9.17, 15) is 14.7 Å². The summed E-state index contributed by atoms with van der Waals surface area (Å²) >= 11 is 0. The fourth-order valence-corrected chi connectivity index (χ4v) is 2.39. The molecule has 2 aromatic rings. The van der Waals surface area contributed by atoms with E-state index in [4.69, 9.17) is 10.5 Å². The highest BCUT2D eigenvalue weighted by molar-refractivity contribution is 6.08. The number of aryl methyl sites for hydroxylation is 1. The molecule has 0 atom stereocenters. The van der Waals surface area contributed by atoms with Crippen LogP contribution in [0.5, 0.6) is 5.75 Å². The van der Waals surface area contributed by atoms with Gasteiger partial charge < -0.3 is 14.8 Å². The SMILES string of the molecule is CC(C)CCn1c(=O)c(C(=N)NC(=O)O)c(O)c2ccccc21. The van der Waals surface area contributed by atoms with Crippen molar-refractivity contribution in [1.82, 2.24) is 9.88 Å². The number of pyridine rings is 1. The lowest BCUT2D eigenvalue weighted by atomic mass is 10.1. The first-order valence-corrected chi connectivity index (χ1v) is 7.26. The third-order valence-electron chi connectivity index (χ3n) is 3.56. The highest BCUT2D eigenvalue weighted by atomic mass is 16.4. The molecule has 0 aliphatic rings. The van der Waals surface area contributed by atoms with Crippen molar-refractivity contribution in [2.24, 2.45) is 5.92 Å². The van der Waals surface area contributed by atoms with Gasteiger partial charge in [0.15, 0.2) is 0 Å². The average molecular weight is 317 g/mol. The highest BCUT2D eigenvalue weighted by Crippen LogP contribution is 2.26. The molecule has 0 fully saturated rings. The zero-order valence-electron chi connectivity index (χ0n) is 13.0. The molecule has 0 saturated carbocycles. The molecule has 0 saturated heterocycles. The predicted molar refractivity (Wildman–Crippen MR) is 87.3 cm³/mol. The number of para-hydroxylation sites is 1. The minimum Gasteiger partial charge on any atom is -0.506 e. The molecule has 0 aliphatic heterocycles. The van der Waals surface area contributed by atoms with E-state index in [2.05, 4.69) is 0 Å². The van der Waals surface area contributed by atoms with Crippen molar-refractivity contribution in [2.45, 2.75) is 26.8 Å². The molecule has 7 nitrogen and oxygen atoms in total. The van der Waals surface area contributed by atoms with Crippen molar-refractivity contribution >= 4 is 22.8 Å². The van der Waals surface area contributed by atoms with Gasteiger partial charge in [0.1, 0.15) is 17.1 Å². The molecule has 1 amide bonds. The number of carboxylic acid groups (broad SMARTS) is 1. The largest absolute Gasteiger partial charge is 0.506 e. The summed E-state index contributed by atoms with van der Waals surface area (Å²) in [5, 5.41) is 29.1. The van der Waals surface area contributed by atoms with E-state index in [0.717, 1.165) is 6.42 Å². The Kier molecular flexibility index (Phi) is 4.68. The summed E-state index contributed by atoms with van der Waals surface area (Å²) in [7, 11) is 0. The molecule has 122 valence electrons. The second-order valence-corrected chi connectivity index (χ2v) is 5.69. The number of amides is 1. The first-order valence-electron chi connectivity index (χ1n) is 7.26. The number of carbonyl (C=O) groups is 1. The maximum absolute atomic E-state index is 12.7. The fourth-order valence-electron chi connectivity index (χ4n) is 2.39. The summed E-state index contributed by atoms with van der Waals surface area (Å²) in [6.45, 7) is 4.48. The number of benzene rings is 1. The number of nitrogens with zero attached hydrogens (tertiary/aromatic N) is 1. The number of hydrogen-bond acceptors (Lipinski definition) is 4. The number of fused-ring (bicyclic) bond motifs is 1. The Labute approximate surface area is 132 Å². The minimum atomic E-state index is -1.46. The number of hydrogen-bond donors (Lipinski definition) is 4. The lowest BCUT2D eigenvalue weighted by molar-refractivity contribution is 0.200. The molecule has 0 radical (unpaired) electrons. The van der Waals surface area contributed by atoms with Crippen LogP contribution in [0.4, 0.5) is 4.79 Å². The van der Waals surface area contributed by atoms with Crippen molar-refractivity contribution < 1.29 is 15.0 Å². The highest BCUT2D eigenvalue weighted by Gasteiger charge is 2.20. The molecule has 1 heterocycles. The molecule has 0 bridgehead atoms. The lowest BCUT2D eigenvalue weighted by Gasteiger charge is -2.16. The second-order valence-electron chi connectivity index (χ2n) is 5.69. The lowest BCUT2D eigenvalue weighted by Crippen LogP contribution is -2.36. The molecular formula is C16H19N3O4. The normalized spacial score (nSPS) is 10.9. The summed E-state index contributed by atoms with van der Waals surface area (Å²) in [6, 6.07) is 6.81. The summed E-state index contributed by atoms with van der Waals surface area (Å²) in [5.41, 5.74) is -0.363. The minimum absolute atomic E-state index is 0.338. The van der Waals surface area contributed by atoms with E-state index in [-0.39, 0.29) is 11.3 Å². The fraction of sp³-hybridized carbons (Fsp3) is 0.312. The van der Waals surface area contributed by atoms with Crippen LogP contribution in [-0.4, -0.2) is 26.7 Å². The number of nitrogens with one attached hydrogen (secondary N) is 2. The Balaban J connectivity index is 2.70. The molecule has 23 heavy (non-hydrogen) atoms. The van der Waals surface area contributed by atoms with Gasteiger partial charge >= 0.3 is 6.09 Å². The van der Waals surface area contributed by atoms with Crippen LogP contribution in [0, 0.1) is 11.3 Å². The Morgan fingerprint density at radius 3 is 2.61 bits per heavy atom. The van der Waals surface area contributed by atoms with Gasteiger partial charge in [-0.15, -0.1) is 0 Å². The van der Waals surface area contributed by atoms with Crippen molar-refractivity contribution in [3.8, 4) is 5.75 Å².